The van der Waals surface area contributed by atoms with E-state index in [4.69, 9.17) is 9.47 Å². The van der Waals surface area contributed by atoms with Crippen molar-refractivity contribution in [3.63, 3.8) is 0 Å². The first-order chi connectivity index (χ1) is 8.38. The number of methoxy groups -OCH3 is 1. The second-order valence-electron chi connectivity index (χ2n) is 3.71. The molecule has 0 bridgehead atoms. The highest BCUT2D eigenvalue weighted by Gasteiger charge is 2.15. The molecule has 0 fully saturated rings. The van der Waals surface area contributed by atoms with E-state index >= 15 is 0 Å². The molecule has 0 atom stereocenters. The van der Waals surface area contributed by atoms with Gasteiger partial charge in [0.25, 0.3) is 0 Å². The SMILES string of the molecule is COc1cccc2c1Oc1ccccc1C=N2. The Morgan fingerprint density at radius 3 is 2.82 bits per heavy atom. The van der Waals surface area contributed by atoms with Gasteiger partial charge in [0, 0.05) is 11.8 Å². The molecule has 0 radical (unpaired) electrons. The molecule has 0 amide bonds. The Bertz CT molecular complexity index is 591. The van der Waals surface area contributed by atoms with Crippen molar-refractivity contribution >= 4 is 11.9 Å². The lowest BCUT2D eigenvalue weighted by molar-refractivity contribution is 0.380. The molecule has 17 heavy (non-hydrogen) atoms. The molecule has 3 nitrogen and oxygen atoms in total. The zero-order valence-electron chi connectivity index (χ0n) is 9.38. The van der Waals surface area contributed by atoms with Crippen LogP contribution >= 0.6 is 0 Å². The fraction of sp³-hybridized carbons (Fsp3) is 0.0714. The maximum absolute atomic E-state index is 5.87. The molecule has 0 N–H and O–H groups in total. The van der Waals surface area contributed by atoms with Crippen molar-refractivity contribution in [2.45, 2.75) is 0 Å². The fourth-order valence-electron chi connectivity index (χ4n) is 1.80. The molecule has 2 aromatic rings. The van der Waals surface area contributed by atoms with E-state index < -0.39 is 0 Å². The van der Waals surface area contributed by atoms with Gasteiger partial charge in [0.1, 0.15) is 11.4 Å². The average Bonchev–Trinajstić information content (AvgIpc) is 2.57. The van der Waals surface area contributed by atoms with Crippen LogP contribution in [0.3, 0.4) is 0 Å². The zero-order valence-corrected chi connectivity index (χ0v) is 9.38. The summed E-state index contributed by atoms with van der Waals surface area (Å²) in [7, 11) is 1.62. The van der Waals surface area contributed by atoms with Gasteiger partial charge in [0.05, 0.1) is 7.11 Å². The van der Waals surface area contributed by atoms with Crippen LogP contribution in [0.5, 0.6) is 17.2 Å². The fourth-order valence-corrected chi connectivity index (χ4v) is 1.80. The van der Waals surface area contributed by atoms with E-state index in [9.17, 15) is 0 Å². The normalized spacial score (nSPS) is 12.1. The number of nitrogens with zero attached hydrogens (tertiary/aromatic N) is 1. The summed E-state index contributed by atoms with van der Waals surface area (Å²) in [5, 5.41) is 0. The summed E-state index contributed by atoms with van der Waals surface area (Å²) in [5.74, 6) is 2.15. The predicted molar refractivity (Wildman–Crippen MR) is 66.8 cm³/mol. The molecule has 1 heterocycles. The number of fused-ring (bicyclic) bond motifs is 2. The van der Waals surface area contributed by atoms with E-state index in [1.54, 1.807) is 13.3 Å². The molecule has 1 aliphatic heterocycles. The lowest BCUT2D eigenvalue weighted by atomic mass is 10.2. The Hall–Kier alpha value is -2.29. The molecule has 84 valence electrons. The maximum atomic E-state index is 5.87. The first-order valence-corrected chi connectivity index (χ1v) is 5.36. The minimum absolute atomic E-state index is 0.663. The van der Waals surface area contributed by atoms with Gasteiger partial charge >= 0.3 is 0 Å². The van der Waals surface area contributed by atoms with Gasteiger partial charge in [-0.05, 0) is 24.3 Å². The van der Waals surface area contributed by atoms with Crippen LogP contribution in [0, 0.1) is 0 Å². The smallest absolute Gasteiger partial charge is 0.194 e. The third-order valence-corrected chi connectivity index (χ3v) is 2.65. The van der Waals surface area contributed by atoms with Gasteiger partial charge in [-0.15, -0.1) is 0 Å². The first-order valence-electron chi connectivity index (χ1n) is 5.36. The van der Waals surface area contributed by atoms with Gasteiger partial charge in [0.15, 0.2) is 11.5 Å². The first kappa shape index (κ1) is 9.90. The van der Waals surface area contributed by atoms with E-state index in [0.29, 0.717) is 11.5 Å². The lowest BCUT2D eigenvalue weighted by Crippen LogP contribution is -1.91. The summed E-state index contributed by atoms with van der Waals surface area (Å²) >= 11 is 0. The summed E-state index contributed by atoms with van der Waals surface area (Å²) in [6.45, 7) is 0. The summed E-state index contributed by atoms with van der Waals surface area (Å²) < 4.78 is 11.2. The molecule has 0 saturated carbocycles. The van der Waals surface area contributed by atoms with Crippen LogP contribution < -0.4 is 9.47 Å². The summed E-state index contributed by atoms with van der Waals surface area (Å²) in [5.41, 5.74) is 1.74. The molecule has 3 rings (SSSR count). The number of para-hydroxylation sites is 2. The molecule has 1 aliphatic rings. The molecule has 0 saturated heterocycles. The van der Waals surface area contributed by atoms with Crippen LogP contribution in [0.4, 0.5) is 5.69 Å². The lowest BCUT2D eigenvalue weighted by Gasteiger charge is -2.11. The van der Waals surface area contributed by atoms with E-state index in [0.717, 1.165) is 17.0 Å². The Kier molecular flexibility index (Phi) is 2.29. The van der Waals surface area contributed by atoms with Gasteiger partial charge < -0.3 is 9.47 Å². The van der Waals surface area contributed by atoms with Crippen LogP contribution in [0.25, 0.3) is 0 Å². The van der Waals surface area contributed by atoms with Crippen molar-refractivity contribution < 1.29 is 9.47 Å². The van der Waals surface area contributed by atoms with Crippen molar-refractivity contribution in [2.75, 3.05) is 7.11 Å². The largest absolute Gasteiger partial charge is 0.493 e. The third-order valence-electron chi connectivity index (χ3n) is 2.65. The van der Waals surface area contributed by atoms with Crippen LogP contribution in [0.1, 0.15) is 5.56 Å². The monoisotopic (exact) mass is 225 g/mol. The Balaban J connectivity index is 2.19. The second-order valence-corrected chi connectivity index (χ2v) is 3.71. The predicted octanol–water partition coefficient (Wildman–Crippen LogP) is 3.55. The third kappa shape index (κ3) is 1.65. The minimum Gasteiger partial charge on any atom is -0.493 e. The van der Waals surface area contributed by atoms with E-state index in [2.05, 4.69) is 4.99 Å². The van der Waals surface area contributed by atoms with E-state index in [1.807, 2.05) is 42.5 Å². The average molecular weight is 225 g/mol. The number of hydrogen-bond donors (Lipinski definition) is 0. The van der Waals surface area contributed by atoms with Crippen LogP contribution in [-0.4, -0.2) is 13.3 Å². The van der Waals surface area contributed by atoms with Gasteiger partial charge in [0.2, 0.25) is 0 Å². The molecule has 0 aromatic heterocycles. The minimum atomic E-state index is 0.663. The molecule has 3 heteroatoms. The number of ether oxygens (including phenoxy) is 2. The maximum Gasteiger partial charge on any atom is 0.194 e. The number of rotatable bonds is 1. The number of benzene rings is 2. The molecule has 2 aromatic carbocycles. The number of aliphatic imine (C=N–C) groups is 1. The Morgan fingerprint density at radius 1 is 1.06 bits per heavy atom. The highest BCUT2D eigenvalue weighted by atomic mass is 16.5. The van der Waals surface area contributed by atoms with Gasteiger partial charge in [-0.3, -0.25) is 4.99 Å². The molecular formula is C14H11NO2. The van der Waals surface area contributed by atoms with Crippen molar-refractivity contribution in [3.05, 3.63) is 48.0 Å². The van der Waals surface area contributed by atoms with E-state index in [1.165, 1.54) is 0 Å². The van der Waals surface area contributed by atoms with Gasteiger partial charge in [-0.25, -0.2) is 0 Å². The topological polar surface area (TPSA) is 30.8 Å². The molecular weight excluding hydrogens is 214 g/mol. The highest BCUT2D eigenvalue weighted by Crippen LogP contribution is 2.42. The second kappa shape index (κ2) is 3.94. The summed E-state index contributed by atoms with van der Waals surface area (Å²) in [4.78, 5) is 4.41. The Morgan fingerprint density at radius 2 is 1.94 bits per heavy atom. The van der Waals surface area contributed by atoms with E-state index in [-0.39, 0.29) is 0 Å². The van der Waals surface area contributed by atoms with Crippen molar-refractivity contribution in [3.8, 4) is 17.2 Å². The van der Waals surface area contributed by atoms with Crippen LogP contribution in [-0.2, 0) is 0 Å². The van der Waals surface area contributed by atoms with Crippen LogP contribution in [0.15, 0.2) is 47.5 Å². The Labute approximate surface area is 99.3 Å². The quantitative estimate of drug-likeness (QED) is 0.634. The standard InChI is InChI=1S/C14H11NO2/c1-16-13-8-4-6-11-14(13)17-12-7-3-2-5-10(12)9-15-11/h2-9H,1H3. The van der Waals surface area contributed by atoms with Crippen molar-refractivity contribution in [1.29, 1.82) is 0 Å². The summed E-state index contributed by atoms with van der Waals surface area (Å²) in [6, 6.07) is 13.4. The van der Waals surface area contributed by atoms with Crippen LogP contribution in [0.2, 0.25) is 0 Å². The molecule has 0 spiro atoms. The number of hydrogen-bond acceptors (Lipinski definition) is 3. The zero-order chi connectivity index (χ0) is 11.7. The highest BCUT2D eigenvalue weighted by molar-refractivity contribution is 5.88. The van der Waals surface area contributed by atoms with Crippen molar-refractivity contribution in [2.24, 2.45) is 4.99 Å². The van der Waals surface area contributed by atoms with Gasteiger partial charge in [-0.1, -0.05) is 18.2 Å². The van der Waals surface area contributed by atoms with Crippen molar-refractivity contribution in [1.82, 2.24) is 0 Å². The van der Waals surface area contributed by atoms with Gasteiger partial charge in [-0.2, -0.15) is 0 Å². The summed E-state index contributed by atoms with van der Waals surface area (Å²) in [6.07, 6.45) is 1.81. The molecule has 0 aliphatic carbocycles. The molecule has 0 unspecified atom stereocenters.